The monoisotopic (exact) mass is 213 g/mol. The highest BCUT2D eigenvalue weighted by atomic mass is 16.5. The highest BCUT2D eigenvalue weighted by molar-refractivity contribution is 4.94. The molecule has 0 aromatic rings. The van der Waals surface area contributed by atoms with E-state index in [4.69, 9.17) is 4.74 Å². The average molecular weight is 213 g/mol. The van der Waals surface area contributed by atoms with Gasteiger partial charge in [0.2, 0.25) is 0 Å². The number of nitrogens with zero attached hydrogens (tertiary/aromatic N) is 1. The highest BCUT2D eigenvalue weighted by Crippen LogP contribution is 2.42. The Bertz CT molecular complexity index is 177. The maximum atomic E-state index is 6.00. The van der Waals surface area contributed by atoms with Crippen LogP contribution < -0.4 is 0 Å². The third-order valence-corrected chi connectivity index (χ3v) is 3.35. The van der Waals surface area contributed by atoms with E-state index in [1.807, 2.05) is 0 Å². The van der Waals surface area contributed by atoms with Crippen LogP contribution in [0.25, 0.3) is 0 Å². The van der Waals surface area contributed by atoms with Crippen LogP contribution in [0.2, 0.25) is 0 Å². The van der Waals surface area contributed by atoms with Crippen LogP contribution in [0.1, 0.15) is 46.5 Å². The summed E-state index contributed by atoms with van der Waals surface area (Å²) in [6.45, 7) is 10.0. The van der Waals surface area contributed by atoms with Gasteiger partial charge in [0.1, 0.15) is 0 Å². The van der Waals surface area contributed by atoms with Crippen molar-refractivity contribution in [1.29, 1.82) is 0 Å². The van der Waals surface area contributed by atoms with Gasteiger partial charge in [-0.2, -0.15) is 0 Å². The first-order valence-corrected chi connectivity index (χ1v) is 6.44. The van der Waals surface area contributed by atoms with Crippen LogP contribution in [0.4, 0.5) is 0 Å². The molecule has 1 fully saturated rings. The third-order valence-electron chi connectivity index (χ3n) is 3.35. The number of rotatable bonds is 8. The topological polar surface area (TPSA) is 12.5 Å². The van der Waals surface area contributed by atoms with Gasteiger partial charge in [0.15, 0.2) is 0 Å². The van der Waals surface area contributed by atoms with Crippen molar-refractivity contribution < 1.29 is 4.74 Å². The molecule has 0 radical (unpaired) electrons. The largest absolute Gasteiger partial charge is 0.375 e. The summed E-state index contributed by atoms with van der Waals surface area (Å²) >= 11 is 0. The van der Waals surface area contributed by atoms with Gasteiger partial charge in [0, 0.05) is 6.54 Å². The lowest BCUT2D eigenvalue weighted by Crippen LogP contribution is -2.29. The molecule has 2 nitrogen and oxygen atoms in total. The van der Waals surface area contributed by atoms with Crippen molar-refractivity contribution in [3.8, 4) is 0 Å². The van der Waals surface area contributed by atoms with Crippen LogP contribution in [-0.2, 0) is 4.74 Å². The molecule has 0 aliphatic heterocycles. The molecule has 1 rings (SSSR count). The Morgan fingerprint density at radius 2 is 2.00 bits per heavy atom. The molecular weight excluding hydrogens is 186 g/mol. The van der Waals surface area contributed by atoms with Crippen LogP contribution in [-0.4, -0.2) is 37.2 Å². The number of hydrogen-bond donors (Lipinski definition) is 0. The lowest BCUT2D eigenvalue weighted by atomic mass is 10.1. The van der Waals surface area contributed by atoms with Crippen molar-refractivity contribution in [2.45, 2.75) is 52.1 Å². The summed E-state index contributed by atoms with van der Waals surface area (Å²) < 4.78 is 6.00. The lowest BCUT2D eigenvalue weighted by Gasteiger charge is -2.23. The number of hydrogen-bond acceptors (Lipinski definition) is 2. The van der Waals surface area contributed by atoms with Crippen LogP contribution in [0, 0.1) is 5.92 Å². The SMILES string of the molecule is CCCN(C)CC(C)COC1(CC)CC1. The first-order chi connectivity index (χ1) is 7.12. The summed E-state index contributed by atoms with van der Waals surface area (Å²) in [6.07, 6.45) is 4.98. The quantitative estimate of drug-likeness (QED) is 0.614. The summed E-state index contributed by atoms with van der Waals surface area (Å²) in [7, 11) is 2.20. The zero-order valence-corrected chi connectivity index (χ0v) is 10.9. The minimum atomic E-state index is 0.289. The summed E-state index contributed by atoms with van der Waals surface area (Å²) in [6, 6.07) is 0. The Balaban J connectivity index is 2.10. The molecule has 0 heterocycles. The summed E-state index contributed by atoms with van der Waals surface area (Å²) in [5.74, 6) is 0.658. The van der Waals surface area contributed by atoms with Crippen molar-refractivity contribution in [3.63, 3.8) is 0 Å². The lowest BCUT2D eigenvalue weighted by molar-refractivity contribution is 0.00581. The second-order valence-corrected chi connectivity index (χ2v) is 5.21. The molecule has 0 spiro atoms. The van der Waals surface area contributed by atoms with Crippen molar-refractivity contribution in [2.75, 3.05) is 26.7 Å². The Labute approximate surface area is 95.0 Å². The first-order valence-electron chi connectivity index (χ1n) is 6.44. The molecular formula is C13H27NO. The third kappa shape index (κ3) is 4.52. The van der Waals surface area contributed by atoms with Gasteiger partial charge in [-0.1, -0.05) is 20.8 Å². The van der Waals surface area contributed by atoms with Crippen LogP contribution in [0.3, 0.4) is 0 Å². The normalized spacial score (nSPS) is 20.6. The van der Waals surface area contributed by atoms with Crippen molar-refractivity contribution in [3.05, 3.63) is 0 Å². The van der Waals surface area contributed by atoms with Crippen LogP contribution in [0.15, 0.2) is 0 Å². The van der Waals surface area contributed by atoms with E-state index in [0.717, 1.165) is 13.2 Å². The molecule has 0 N–H and O–H groups in total. The van der Waals surface area contributed by atoms with Gasteiger partial charge in [0.25, 0.3) is 0 Å². The standard InChI is InChI=1S/C13H27NO/c1-5-9-14(4)10-12(3)11-15-13(6-2)7-8-13/h12H,5-11H2,1-4H3. The zero-order valence-electron chi connectivity index (χ0n) is 10.9. The smallest absolute Gasteiger partial charge is 0.0682 e. The molecule has 0 aromatic heterocycles. The van der Waals surface area contributed by atoms with Crippen LogP contribution >= 0.6 is 0 Å². The fraction of sp³-hybridized carbons (Fsp3) is 1.00. The first kappa shape index (κ1) is 13.0. The predicted octanol–water partition coefficient (Wildman–Crippen LogP) is 2.92. The fourth-order valence-corrected chi connectivity index (χ4v) is 2.12. The molecule has 1 aliphatic rings. The summed E-state index contributed by atoms with van der Waals surface area (Å²) in [5, 5.41) is 0. The van der Waals surface area contributed by atoms with Crippen molar-refractivity contribution in [1.82, 2.24) is 4.90 Å². The van der Waals surface area contributed by atoms with Gasteiger partial charge in [-0.15, -0.1) is 0 Å². The molecule has 0 saturated heterocycles. The number of ether oxygens (including phenoxy) is 1. The minimum absolute atomic E-state index is 0.289. The average Bonchev–Trinajstić information content (AvgIpc) is 2.96. The van der Waals surface area contributed by atoms with E-state index >= 15 is 0 Å². The molecule has 2 heteroatoms. The second kappa shape index (κ2) is 5.86. The molecule has 15 heavy (non-hydrogen) atoms. The Morgan fingerprint density at radius 3 is 2.47 bits per heavy atom. The Kier molecular flexibility index (Phi) is 5.07. The van der Waals surface area contributed by atoms with Gasteiger partial charge in [-0.3, -0.25) is 0 Å². The molecule has 1 saturated carbocycles. The maximum Gasteiger partial charge on any atom is 0.0682 e. The molecule has 90 valence electrons. The molecule has 0 bridgehead atoms. The van der Waals surface area contributed by atoms with Gasteiger partial charge in [0.05, 0.1) is 12.2 Å². The predicted molar refractivity (Wildman–Crippen MR) is 65.2 cm³/mol. The molecule has 0 aromatic carbocycles. The van der Waals surface area contributed by atoms with E-state index in [0.29, 0.717) is 5.92 Å². The van der Waals surface area contributed by atoms with E-state index in [1.165, 1.54) is 32.2 Å². The highest BCUT2D eigenvalue weighted by Gasteiger charge is 2.42. The maximum absolute atomic E-state index is 6.00. The van der Waals surface area contributed by atoms with Gasteiger partial charge in [-0.05, 0) is 45.2 Å². The second-order valence-electron chi connectivity index (χ2n) is 5.21. The summed E-state index contributed by atoms with van der Waals surface area (Å²) in [5.41, 5.74) is 0.289. The van der Waals surface area contributed by atoms with Crippen molar-refractivity contribution >= 4 is 0 Å². The van der Waals surface area contributed by atoms with Gasteiger partial charge in [-0.25, -0.2) is 0 Å². The van der Waals surface area contributed by atoms with Gasteiger partial charge >= 0.3 is 0 Å². The fourth-order valence-electron chi connectivity index (χ4n) is 2.12. The van der Waals surface area contributed by atoms with E-state index in [9.17, 15) is 0 Å². The van der Waals surface area contributed by atoms with Crippen LogP contribution in [0.5, 0.6) is 0 Å². The van der Waals surface area contributed by atoms with E-state index in [2.05, 4.69) is 32.7 Å². The van der Waals surface area contributed by atoms with E-state index in [1.54, 1.807) is 0 Å². The van der Waals surface area contributed by atoms with Crippen molar-refractivity contribution in [2.24, 2.45) is 5.92 Å². The zero-order chi connectivity index (χ0) is 11.3. The molecule has 1 atom stereocenters. The van der Waals surface area contributed by atoms with E-state index < -0.39 is 0 Å². The summed E-state index contributed by atoms with van der Waals surface area (Å²) in [4.78, 5) is 2.40. The molecule has 0 amide bonds. The molecule has 1 unspecified atom stereocenters. The molecule has 1 aliphatic carbocycles. The van der Waals surface area contributed by atoms with Gasteiger partial charge < -0.3 is 9.64 Å². The Hall–Kier alpha value is -0.0800. The minimum Gasteiger partial charge on any atom is -0.375 e. The van der Waals surface area contributed by atoms with E-state index in [-0.39, 0.29) is 5.60 Å². The Morgan fingerprint density at radius 1 is 1.33 bits per heavy atom.